The zero-order chi connectivity index (χ0) is 13.4. The molecule has 1 saturated heterocycles. The number of nitrogens with one attached hydrogen (secondary N) is 1. The molecule has 3 nitrogen and oxygen atoms in total. The molecule has 4 heteroatoms. The van der Waals surface area contributed by atoms with Crippen molar-refractivity contribution in [3.8, 4) is 0 Å². The molecule has 1 saturated carbocycles. The second-order valence-electron chi connectivity index (χ2n) is 6.53. The van der Waals surface area contributed by atoms with Gasteiger partial charge in [0.1, 0.15) is 0 Å². The number of hydrogen-bond donors (Lipinski definition) is 2. The Morgan fingerprint density at radius 1 is 1.50 bits per heavy atom. The van der Waals surface area contributed by atoms with Crippen LogP contribution in [0, 0.1) is 11.3 Å². The summed E-state index contributed by atoms with van der Waals surface area (Å²) in [7, 11) is 0. The molecule has 1 aliphatic heterocycles. The van der Waals surface area contributed by atoms with E-state index in [1.807, 2.05) is 0 Å². The Labute approximate surface area is 116 Å². The maximum atomic E-state index is 6.84. The number of hydrogen-bond acceptors (Lipinski definition) is 3. The predicted octanol–water partition coefficient (Wildman–Crippen LogP) is 1.65. The molecule has 18 heavy (non-hydrogen) atoms. The van der Waals surface area contributed by atoms with Crippen molar-refractivity contribution in [1.29, 1.82) is 0 Å². The Kier molecular flexibility index (Phi) is 4.27. The summed E-state index contributed by atoms with van der Waals surface area (Å²) in [6.45, 7) is 11.9. The van der Waals surface area contributed by atoms with E-state index in [2.05, 4.69) is 31.0 Å². The first-order chi connectivity index (χ1) is 8.44. The molecule has 2 aliphatic rings. The molecule has 4 atom stereocenters. The highest BCUT2D eigenvalue weighted by molar-refractivity contribution is 6.24. The molecule has 0 aromatic carbocycles. The van der Waals surface area contributed by atoms with Crippen molar-refractivity contribution in [2.24, 2.45) is 17.1 Å². The summed E-state index contributed by atoms with van der Waals surface area (Å²) >= 11 is 6.84. The first-order valence-electron chi connectivity index (χ1n) is 7.28. The third-order valence-electron chi connectivity index (χ3n) is 5.12. The van der Waals surface area contributed by atoms with Gasteiger partial charge < -0.3 is 11.1 Å². The summed E-state index contributed by atoms with van der Waals surface area (Å²) < 4.78 is 0. The molecule has 106 valence electrons. The zero-order valence-electron chi connectivity index (χ0n) is 12.0. The van der Waals surface area contributed by atoms with Gasteiger partial charge in [-0.1, -0.05) is 13.8 Å². The summed E-state index contributed by atoms with van der Waals surface area (Å²) in [5.74, 6) is 0.669. The average molecular weight is 274 g/mol. The van der Waals surface area contributed by atoms with Gasteiger partial charge in [0.15, 0.2) is 0 Å². The number of nitrogens with two attached hydrogens (primary N) is 1. The predicted molar refractivity (Wildman–Crippen MR) is 78.0 cm³/mol. The minimum Gasteiger partial charge on any atom is -0.330 e. The Morgan fingerprint density at radius 2 is 2.11 bits per heavy atom. The molecule has 4 unspecified atom stereocenters. The van der Waals surface area contributed by atoms with Crippen molar-refractivity contribution in [3.05, 3.63) is 0 Å². The van der Waals surface area contributed by atoms with E-state index in [9.17, 15) is 0 Å². The molecule has 0 radical (unpaired) electrons. The molecule has 1 heterocycles. The quantitative estimate of drug-likeness (QED) is 0.749. The molecule has 2 fully saturated rings. The SMILES string of the molecule is CCC(C)(Cl)C(C1CC1(C)CN)N1CCNCC1. The van der Waals surface area contributed by atoms with E-state index in [1.54, 1.807) is 0 Å². The highest BCUT2D eigenvalue weighted by Crippen LogP contribution is 2.57. The second kappa shape index (κ2) is 5.28. The smallest absolute Gasteiger partial charge is 0.0573 e. The van der Waals surface area contributed by atoms with Crippen molar-refractivity contribution < 1.29 is 0 Å². The van der Waals surface area contributed by atoms with Gasteiger partial charge in [0, 0.05) is 32.2 Å². The van der Waals surface area contributed by atoms with E-state index in [0.717, 1.165) is 39.1 Å². The van der Waals surface area contributed by atoms with Crippen LogP contribution in [0.15, 0.2) is 0 Å². The topological polar surface area (TPSA) is 41.3 Å². The number of alkyl halides is 1. The third kappa shape index (κ3) is 2.69. The van der Waals surface area contributed by atoms with Crippen LogP contribution in [0.25, 0.3) is 0 Å². The van der Waals surface area contributed by atoms with E-state index >= 15 is 0 Å². The molecule has 0 amide bonds. The highest BCUT2D eigenvalue weighted by atomic mass is 35.5. The Balaban J connectivity index is 2.13. The van der Waals surface area contributed by atoms with Crippen LogP contribution in [0.1, 0.15) is 33.6 Å². The molecule has 3 N–H and O–H groups in total. The molecule has 0 aromatic rings. The minimum absolute atomic E-state index is 0.130. The normalized spacial score (nSPS) is 38.2. The van der Waals surface area contributed by atoms with E-state index in [0.29, 0.717) is 17.4 Å². The number of halogens is 1. The zero-order valence-corrected chi connectivity index (χ0v) is 12.8. The molecule has 2 rings (SSSR count). The fourth-order valence-corrected chi connectivity index (χ4v) is 3.69. The van der Waals surface area contributed by atoms with Gasteiger partial charge >= 0.3 is 0 Å². The van der Waals surface area contributed by atoms with Crippen LogP contribution in [0.3, 0.4) is 0 Å². The van der Waals surface area contributed by atoms with Gasteiger partial charge in [0.2, 0.25) is 0 Å². The highest BCUT2D eigenvalue weighted by Gasteiger charge is 2.58. The van der Waals surface area contributed by atoms with Crippen molar-refractivity contribution in [3.63, 3.8) is 0 Å². The number of rotatable bonds is 5. The van der Waals surface area contributed by atoms with Gasteiger partial charge in [0.25, 0.3) is 0 Å². The number of nitrogens with zero attached hydrogens (tertiary/aromatic N) is 1. The van der Waals surface area contributed by atoms with Crippen LogP contribution in [0.5, 0.6) is 0 Å². The van der Waals surface area contributed by atoms with Gasteiger partial charge in [-0.05, 0) is 37.6 Å². The van der Waals surface area contributed by atoms with E-state index in [1.165, 1.54) is 6.42 Å². The lowest BCUT2D eigenvalue weighted by atomic mass is 9.88. The second-order valence-corrected chi connectivity index (χ2v) is 7.39. The Morgan fingerprint density at radius 3 is 2.56 bits per heavy atom. The molecule has 0 bridgehead atoms. The molecular formula is C14H28ClN3. The van der Waals surface area contributed by atoms with Crippen molar-refractivity contribution in [2.75, 3.05) is 32.7 Å². The first-order valence-corrected chi connectivity index (χ1v) is 7.66. The number of piperazine rings is 1. The summed E-state index contributed by atoms with van der Waals surface area (Å²) in [4.78, 5) is 2.47. The Hall–Kier alpha value is 0.170. The lowest BCUT2D eigenvalue weighted by molar-refractivity contribution is 0.111. The van der Waals surface area contributed by atoms with Gasteiger partial charge in [-0.25, -0.2) is 0 Å². The largest absolute Gasteiger partial charge is 0.330 e. The monoisotopic (exact) mass is 273 g/mol. The van der Waals surface area contributed by atoms with Crippen LogP contribution in [0.2, 0.25) is 0 Å². The van der Waals surface area contributed by atoms with Crippen LogP contribution >= 0.6 is 11.6 Å². The lowest BCUT2D eigenvalue weighted by Crippen LogP contribution is -2.56. The molecule has 0 spiro atoms. The van der Waals surface area contributed by atoms with Crippen molar-refractivity contribution in [1.82, 2.24) is 10.2 Å². The minimum atomic E-state index is -0.130. The maximum absolute atomic E-state index is 6.84. The Bertz CT molecular complexity index is 284. The van der Waals surface area contributed by atoms with Gasteiger partial charge in [-0.15, -0.1) is 11.6 Å². The lowest BCUT2D eigenvalue weighted by Gasteiger charge is -2.43. The fraction of sp³-hybridized carbons (Fsp3) is 1.00. The standard InChI is InChI=1S/C14H28ClN3/c1-4-14(3,15)12(11-9-13(11,2)10-16)18-7-5-17-6-8-18/h11-12,17H,4-10,16H2,1-3H3. The average Bonchev–Trinajstić information content (AvgIpc) is 3.03. The van der Waals surface area contributed by atoms with Crippen molar-refractivity contribution in [2.45, 2.75) is 44.5 Å². The summed E-state index contributed by atoms with van der Waals surface area (Å²) in [6, 6.07) is 0.472. The summed E-state index contributed by atoms with van der Waals surface area (Å²) in [6.07, 6.45) is 2.25. The fourth-order valence-electron chi connectivity index (χ4n) is 3.40. The van der Waals surface area contributed by atoms with E-state index in [-0.39, 0.29) is 4.87 Å². The van der Waals surface area contributed by atoms with Gasteiger partial charge in [0.05, 0.1) is 4.87 Å². The van der Waals surface area contributed by atoms with Crippen LogP contribution < -0.4 is 11.1 Å². The summed E-state index contributed by atoms with van der Waals surface area (Å²) in [5.41, 5.74) is 6.26. The third-order valence-corrected chi connectivity index (χ3v) is 5.61. The van der Waals surface area contributed by atoms with Crippen LogP contribution in [-0.2, 0) is 0 Å². The van der Waals surface area contributed by atoms with Gasteiger partial charge in [-0.3, -0.25) is 4.90 Å². The maximum Gasteiger partial charge on any atom is 0.0573 e. The van der Waals surface area contributed by atoms with Gasteiger partial charge in [-0.2, -0.15) is 0 Å². The van der Waals surface area contributed by atoms with E-state index in [4.69, 9.17) is 17.3 Å². The molecular weight excluding hydrogens is 246 g/mol. The molecule has 0 aromatic heterocycles. The molecule has 1 aliphatic carbocycles. The van der Waals surface area contributed by atoms with E-state index < -0.39 is 0 Å². The first kappa shape index (κ1) is 14.6. The summed E-state index contributed by atoms with van der Waals surface area (Å²) in [5, 5.41) is 3.42. The van der Waals surface area contributed by atoms with Crippen LogP contribution in [-0.4, -0.2) is 48.5 Å². The van der Waals surface area contributed by atoms with Crippen LogP contribution in [0.4, 0.5) is 0 Å². The van der Waals surface area contributed by atoms with Crippen molar-refractivity contribution >= 4 is 11.6 Å².